The standard InChI is InChI=1S/C14H20N2O3/c1-9(2)16-14(17)7-15-10(3)11-4-5-12-13(6-11)19-8-18-12/h4-6,9-10,15H,7-8H2,1-3H3,(H,16,17). The van der Waals surface area contributed by atoms with Gasteiger partial charge in [-0.05, 0) is 38.5 Å². The summed E-state index contributed by atoms with van der Waals surface area (Å²) in [5, 5.41) is 6.03. The van der Waals surface area contributed by atoms with E-state index in [1.54, 1.807) is 0 Å². The van der Waals surface area contributed by atoms with Crippen LogP contribution in [0.5, 0.6) is 11.5 Å². The van der Waals surface area contributed by atoms with Crippen molar-refractivity contribution < 1.29 is 14.3 Å². The molecule has 0 aromatic heterocycles. The highest BCUT2D eigenvalue weighted by Gasteiger charge is 2.16. The lowest BCUT2D eigenvalue weighted by molar-refractivity contribution is -0.120. The quantitative estimate of drug-likeness (QED) is 0.848. The number of nitrogens with one attached hydrogen (secondary N) is 2. The average molecular weight is 264 g/mol. The molecule has 104 valence electrons. The molecule has 0 saturated heterocycles. The maximum atomic E-state index is 11.6. The van der Waals surface area contributed by atoms with Crippen molar-refractivity contribution in [3.63, 3.8) is 0 Å². The summed E-state index contributed by atoms with van der Waals surface area (Å²) >= 11 is 0. The van der Waals surface area contributed by atoms with Gasteiger partial charge in [0.1, 0.15) is 0 Å². The van der Waals surface area contributed by atoms with Gasteiger partial charge in [0.25, 0.3) is 0 Å². The molecule has 0 bridgehead atoms. The van der Waals surface area contributed by atoms with Crippen LogP contribution in [-0.2, 0) is 4.79 Å². The minimum absolute atomic E-state index is 0.00240. The molecule has 19 heavy (non-hydrogen) atoms. The monoisotopic (exact) mass is 264 g/mol. The van der Waals surface area contributed by atoms with Crippen LogP contribution < -0.4 is 20.1 Å². The molecule has 5 nitrogen and oxygen atoms in total. The van der Waals surface area contributed by atoms with Crippen molar-refractivity contribution in [2.45, 2.75) is 32.9 Å². The Hall–Kier alpha value is -1.75. The Balaban J connectivity index is 1.89. The molecular formula is C14H20N2O3. The maximum Gasteiger partial charge on any atom is 0.234 e. The summed E-state index contributed by atoms with van der Waals surface area (Å²) in [5.74, 6) is 1.54. The summed E-state index contributed by atoms with van der Waals surface area (Å²) in [6.45, 7) is 6.48. The van der Waals surface area contributed by atoms with Crippen molar-refractivity contribution in [3.8, 4) is 11.5 Å². The first-order valence-electron chi connectivity index (χ1n) is 6.48. The summed E-state index contributed by atoms with van der Waals surface area (Å²) in [7, 11) is 0. The molecule has 1 aromatic rings. The van der Waals surface area contributed by atoms with Gasteiger partial charge in [-0.15, -0.1) is 0 Å². The van der Waals surface area contributed by atoms with Crippen LogP contribution in [-0.4, -0.2) is 25.3 Å². The van der Waals surface area contributed by atoms with Crippen molar-refractivity contribution in [3.05, 3.63) is 23.8 Å². The largest absolute Gasteiger partial charge is 0.454 e. The van der Waals surface area contributed by atoms with E-state index >= 15 is 0 Å². The number of ether oxygens (including phenoxy) is 2. The Bertz CT molecular complexity index is 460. The van der Waals surface area contributed by atoms with E-state index in [1.807, 2.05) is 39.0 Å². The third-order valence-corrected chi connectivity index (χ3v) is 2.92. The van der Waals surface area contributed by atoms with Crippen LogP contribution >= 0.6 is 0 Å². The van der Waals surface area contributed by atoms with Gasteiger partial charge in [0.05, 0.1) is 6.54 Å². The van der Waals surface area contributed by atoms with E-state index in [0.29, 0.717) is 6.54 Å². The van der Waals surface area contributed by atoms with E-state index in [4.69, 9.17) is 9.47 Å². The van der Waals surface area contributed by atoms with E-state index in [-0.39, 0.29) is 24.8 Å². The number of hydrogen-bond acceptors (Lipinski definition) is 4. The maximum absolute atomic E-state index is 11.6. The summed E-state index contributed by atoms with van der Waals surface area (Å²) < 4.78 is 10.6. The van der Waals surface area contributed by atoms with E-state index < -0.39 is 0 Å². The molecule has 2 N–H and O–H groups in total. The van der Waals surface area contributed by atoms with Gasteiger partial charge >= 0.3 is 0 Å². The Labute approximate surface area is 113 Å². The first kappa shape index (κ1) is 13.7. The Morgan fingerprint density at radius 1 is 1.26 bits per heavy atom. The molecule has 0 spiro atoms. The molecule has 1 aliphatic heterocycles. The van der Waals surface area contributed by atoms with Crippen molar-refractivity contribution in [1.29, 1.82) is 0 Å². The average Bonchev–Trinajstić information content (AvgIpc) is 2.82. The van der Waals surface area contributed by atoms with Crippen LogP contribution in [0.4, 0.5) is 0 Å². The van der Waals surface area contributed by atoms with Crippen LogP contribution in [0.1, 0.15) is 32.4 Å². The molecule has 2 rings (SSSR count). The van der Waals surface area contributed by atoms with Gasteiger partial charge in [-0.2, -0.15) is 0 Å². The minimum atomic E-state index is 0.00240. The molecule has 0 aliphatic carbocycles. The molecule has 1 aliphatic rings. The molecule has 1 atom stereocenters. The molecule has 0 fully saturated rings. The number of hydrogen-bond donors (Lipinski definition) is 2. The SMILES string of the molecule is CC(C)NC(=O)CNC(C)c1ccc2c(c1)OCO2. The van der Waals surface area contributed by atoms with Gasteiger partial charge in [0.2, 0.25) is 12.7 Å². The second-order valence-electron chi connectivity index (χ2n) is 4.94. The number of carbonyl (C=O) groups excluding carboxylic acids is 1. The molecule has 1 aromatic carbocycles. The lowest BCUT2D eigenvalue weighted by Gasteiger charge is -2.15. The fourth-order valence-electron chi connectivity index (χ4n) is 1.92. The molecule has 1 unspecified atom stereocenters. The fraction of sp³-hybridized carbons (Fsp3) is 0.500. The Morgan fingerprint density at radius 3 is 2.74 bits per heavy atom. The fourth-order valence-corrected chi connectivity index (χ4v) is 1.92. The van der Waals surface area contributed by atoms with Gasteiger partial charge < -0.3 is 20.1 Å². The predicted molar refractivity (Wildman–Crippen MR) is 72.3 cm³/mol. The molecule has 1 heterocycles. The van der Waals surface area contributed by atoms with Crippen LogP contribution in [0.15, 0.2) is 18.2 Å². The molecule has 0 saturated carbocycles. The third kappa shape index (κ3) is 3.61. The number of fused-ring (bicyclic) bond motifs is 1. The zero-order valence-electron chi connectivity index (χ0n) is 11.5. The zero-order valence-corrected chi connectivity index (χ0v) is 11.5. The summed E-state index contributed by atoms with van der Waals surface area (Å²) in [6.07, 6.45) is 0. The highest BCUT2D eigenvalue weighted by atomic mass is 16.7. The molecular weight excluding hydrogens is 244 g/mol. The van der Waals surface area contributed by atoms with Crippen LogP contribution in [0, 0.1) is 0 Å². The topological polar surface area (TPSA) is 59.6 Å². The van der Waals surface area contributed by atoms with Gasteiger partial charge in [-0.3, -0.25) is 4.79 Å². The van der Waals surface area contributed by atoms with Crippen molar-refractivity contribution in [2.75, 3.05) is 13.3 Å². The number of benzene rings is 1. The van der Waals surface area contributed by atoms with Crippen molar-refractivity contribution in [2.24, 2.45) is 0 Å². The second kappa shape index (κ2) is 5.93. The Kier molecular flexibility index (Phi) is 4.27. The minimum Gasteiger partial charge on any atom is -0.454 e. The zero-order chi connectivity index (χ0) is 13.8. The lowest BCUT2D eigenvalue weighted by atomic mass is 10.1. The second-order valence-corrected chi connectivity index (χ2v) is 4.94. The van der Waals surface area contributed by atoms with Gasteiger partial charge in [0, 0.05) is 12.1 Å². The number of rotatable bonds is 5. The molecule has 5 heteroatoms. The highest BCUT2D eigenvalue weighted by Crippen LogP contribution is 2.33. The van der Waals surface area contributed by atoms with E-state index in [1.165, 1.54) is 0 Å². The lowest BCUT2D eigenvalue weighted by Crippen LogP contribution is -2.38. The van der Waals surface area contributed by atoms with E-state index in [9.17, 15) is 4.79 Å². The number of carbonyl (C=O) groups is 1. The smallest absolute Gasteiger partial charge is 0.234 e. The summed E-state index contributed by atoms with van der Waals surface area (Å²) in [4.78, 5) is 11.6. The summed E-state index contributed by atoms with van der Waals surface area (Å²) in [6, 6.07) is 6.05. The van der Waals surface area contributed by atoms with Crippen LogP contribution in [0.25, 0.3) is 0 Å². The molecule has 1 amide bonds. The van der Waals surface area contributed by atoms with Gasteiger partial charge in [-0.25, -0.2) is 0 Å². The van der Waals surface area contributed by atoms with E-state index in [2.05, 4.69) is 10.6 Å². The first-order chi connectivity index (χ1) is 9.06. The van der Waals surface area contributed by atoms with Gasteiger partial charge in [-0.1, -0.05) is 6.07 Å². The first-order valence-corrected chi connectivity index (χ1v) is 6.48. The third-order valence-electron chi connectivity index (χ3n) is 2.92. The normalized spacial score (nSPS) is 14.5. The van der Waals surface area contributed by atoms with Gasteiger partial charge in [0.15, 0.2) is 11.5 Å². The van der Waals surface area contributed by atoms with Crippen LogP contribution in [0.3, 0.4) is 0 Å². The molecule has 0 radical (unpaired) electrons. The Morgan fingerprint density at radius 2 is 2.00 bits per heavy atom. The van der Waals surface area contributed by atoms with Crippen LogP contribution in [0.2, 0.25) is 0 Å². The summed E-state index contributed by atoms with van der Waals surface area (Å²) in [5.41, 5.74) is 1.07. The predicted octanol–water partition coefficient (Wildman–Crippen LogP) is 1.59. The number of amides is 1. The van der Waals surface area contributed by atoms with Crippen molar-refractivity contribution in [1.82, 2.24) is 10.6 Å². The highest BCUT2D eigenvalue weighted by molar-refractivity contribution is 5.78. The van der Waals surface area contributed by atoms with E-state index in [0.717, 1.165) is 17.1 Å². The van der Waals surface area contributed by atoms with Crippen molar-refractivity contribution >= 4 is 5.91 Å².